The smallest absolute Gasteiger partial charge is 0.231 e. The van der Waals surface area contributed by atoms with E-state index >= 15 is 0 Å². The molecule has 4 rings (SSSR count). The maximum atomic E-state index is 5.89. The van der Waals surface area contributed by atoms with Crippen LogP contribution in [0.1, 0.15) is 32.1 Å². The van der Waals surface area contributed by atoms with Crippen LogP contribution in [0.15, 0.2) is 0 Å². The molecule has 3 fully saturated rings. The lowest BCUT2D eigenvalue weighted by Crippen LogP contribution is -2.27. The lowest BCUT2D eigenvalue weighted by atomic mass is 10.0. The summed E-state index contributed by atoms with van der Waals surface area (Å²) in [5.74, 6) is 3.58. The van der Waals surface area contributed by atoms with Gasteiger partial charge in [0, 0.05) is 26.2 Å². The van der Waals surface area contributed by atoms with E-state index in [1.165, 1.54) is 32.1 Å². The van der Waals surface area contributed by atoms with Gasteiger partial charge in [-0.3, -0.25) is 0 Å². The number of hydrogen-bond donors (Lipinski definition) is 1. The van der Waals surface area contributed by atoms with E-state index in [0.29, 0.717) is 5.95 Å². The Bertz CT molecular complexity index is 486. The van der Waals surface area contributed by atoms with Crippen LogP contribution in [0, 0.1) is 11.8 Å². The molecule has 1 aromatic heterocycles. The monoisotopic (exact) mass is 274 g/mol. The Hall–Kier alpha value is -1.59. The minimum Gasteiger partial charge on any atom is -0.368 e. The molecule has 0 aromatic carbocycles. The molecular weight excluding hydrogens is 252 g/mol. The third-order valence-electron chi connectivity index (χ3n) is 5.03. The Morgan fingerprint density at radius 2 is 1.40 bits per heavy atom. The SMILES string of the molecule is Nc1nc(N2CCCC2)nc(N2CC3CCCC3C2)n1. The standard InChI is InChI=1S/C14H22N6/c15-12-16-13(19-6-1-2-7-19)18-14(17-12)20-8-10-4-3-5-11(10)9-20/h10-11H,1-9H2,(H2,15,16,17,18). The Morgan fingerprint density at radius 1 is 0.800 bits per heavy atom. The van der Waals surface area contributed by atoms with Crippen molar-refractivity contribution in [3.05, 3.63) is 0 Å². The molecule has 108 valence electrons. The number of aromatic nitrogens is 3. The van der Waals surface area contributed by atoms with Gasteiger partial charge in [-0.15, -0.1) is 0 Å². The Kier molecular flexibility index (Phi) is 2.89. The van der Waals surface area contributed by atoms with Crippen molar-refractivity contribution in [2.24, 2.45) is 11.8 Å². The number of nitrogen functional groups attached to an aromatic ring is 1. The quantitative estimate of drug-likeness (QED) is 0.876. The zero-order chi connectivity index (χ0) is 13.5. The molecule has 1 saturated carbocycles. The van der Waals surface area contributed by atoms with Gasteiger partial charge in [0.05, 0.1) is 0 Å². The summed E-state index contributed by atoms with van der Waals surface area (Å²) in [5, 5.41) is 0. The number of rotatable bonds is 2. The Morgan fingerprint density at radius 3 is 2.05 bits per heavy atom. The van der Waals surface area contributed by atoms with Crippen LogP contribution in [0.25, 0.3) is 0 Å². The van der Waals surface area contributed by atoms with E-state index in [2.05, 4.69) is 24.8 Å². The van der Waals surface area contributed by atoms with Crippen molar-refractivity contribution in [2.45, 2.75) is 32.1 Å². The molecule has 0 bridgehead atoms. The average Bonchev–Trinajstić information content (AvgIpc) is 3.14. The molecule has 3 heterocycles. The van der Waals surface area contributed by atoms with Gasteiger partial charge in [0.2, 0.25) is 17.8 Å². The molecule has 2 N–H and O–H groups in total. The van der Waals surface area contributed by atoms with Crippen LogP contribution in [0.2, 0.25) is 0 Å². The molecule has 0 amide bonds. The lowest BCUT2D eigenvalue weighted by molar-refractivity contribution is 0.494. The van der Waals surface area contributed by atoms with Crippen molar-refractivity contribution in [3.8, 4) is 0 Å². The summed E-state index contributed by atoms with van der Waals surface area (Å²) >= 11 is 0. The van der Waals surface area contributed by atoms with E-state index in [9.17, 15) is 0 Å². The van der Waals surface area contributed by atoms with E-state index in [-0.39, 0.29) is 0 Å². The average molecular weight is 274 g/mol. The van der Waals surface area contributed by atoms with E-state index in [1.54, 1.807) is 0 Å². The second-order valence-corrected chi connectivity index (χ2v) is 6.34. The Balaban J connectivity index is 1.58. The summed E-state index contributed by atoms with van der Waals surface area (Å²) < 4.78 is 0. The molecule has 6 heteroatoms. The number of hydrogen-bond acceptors (Lipinski definition) is 6. The second-order valence-electron chi connectivity index (χ2n) is 6.34. The highest BCUT2D eigenvalue weighted by Gasteiger charge is 2.37. The topological polar surface area (TPSA) is 71.2 Å². The van der Waals surface area contributed by atoms with Crippen molar-refractivity contribution in [2.75, 3.05) is 41.7 Å². The molecule has 2 unspecified atom stereocenters. The summed E-state index contributed by atoms with van der Waals surface area (Å²) in [4.78, 5) is 17.9. The number of nitrogens with zero attached hydrogens (tertiary/aromatic N) is 5. The predicted molar refractivity (Wildman–Crippen MR) is 78.7 cm³/mol. The van der Waals surface area contributed by atoms with E-state index < -0.39 is 0 Å². The van der Waals surface area contributed by atoms with Crippen LogP contribution in [0.5, 0.6) is 0 Å². The first-order chi connectivity index (χ1) is 9.79. The second kappa shape index (κ2) is 4.75. The molecule has 20 heavy (non-hydrogen) atoms. The lowest BCUT2D eigenvalue weighted by Gasteiger charge is -2.20. The Labute approximate surface area is 119 Å². The maximum Gasteiger partial charge on any atom is 0.231 e. The maximum absolute atomic E-state index is 5.89. The highest BCUT2D eigenvalue weighted by atomic mass is 15.4. The van der Waals surface area contributed by atoms with Crippen LogP contribution in [-0.4, -0.2) is 41.1 Å². The summed E-state index contributed by atoms with van der Waals surface area (Å²) in [6, 6.07) is 0. The highest BCUT2D eigenvalue weighted by Crippen LogP contribution is 2.39. The normalized spacial score (nSPS) is 29.2. The van der Waals surface area contributed by atoms with Crippen LogP contribution < -0.4 is 15.5 Å². The van der Waals surface area contributed by atoms with Gasteiger partial charge in [-0.1, -0.05) is 6.42 Å². The summed E-state index contributed by atoms with van der Waals surface area (Å²) in [5.41, 5.74) is 5.89. The van der Waals surface area contributed by atoms with Gasteiger partial charge in [-0.25, -0.2) is 0 Å². The van der Waals surface area contributed by atoms with Crippen molar-refractivity contribution in [3.63, 3.8) is 0 Å². The number of fused-ring (bicyclic) bond motifs is 1. The van der Waals surface area contributed by atoms with Crippen molar-refractivity contribution < 1.29 is 0 Å². The number of anilines is 3. The van der Waals surface area contributed by atoms with Gasteiger partial charge >= 0.3 is 0 Å². The molecule has 3 aliphatic rings. The number of nitrogens with two attached hydrogens (primary N) is 1. The van der Waals surface area contributed by atoms with Crippen LogP contribution in [0.4, 0.5) is 17.8 Å². The van der Waals surface area contributed by atoms with Crippen molar-refractivity contribution in [1.29, 1.82) is 0 Å². The van der Waals surface area contributed by atoms with Gasteiger partial charge in [-0.05, 0) is 37.5 Å². The third-order valence-corrected chi connectivity index (χ3v) is 5.03. The molecule has 6 nitrogen and oxygen atoms in total. The summed E-state index contributed by atoms with van der Waals surface area (Å²) in [7, 11) is 0. The first kappa shape index (κ1) is 12.2. The molecule has 0 spiro atoms. The summed E-state index contributed by atoms with van der Waals surface area (Å²) in [6.07, 6.45) is 6.55. The van der Waals surface area contributed by atoms with Crippen LogP contribution >= 0.6 is 0 Å². The molecule has 0 radical (unpaired) electrons. The van der Waals surface area contributed by atoms with E-state index in [1.807, 2.05) is 0 Å². The van der Waals surface area contributed by atoms with Gasteiger partial charge < -0.3 is 15.5 Å². The first-order valence-electron chi connectivity index (χ1n) is 7.81. The van der Waals surface area contributed by atoms with Crippen LogP contribution in [0.3, 0.4) is 0 Å². The van der Waals surface area contributed by atoms with Gasteiger partial charge in [-0.2, -0.15) is 15.0 Å². The highest BCUT2D eigenvalue weighted by molar-refractivity contribution is 5.45. The minimum atomic E-state index is 0.356. The van der Waals surface area contributed by atoms with E-state index in [4.69, 9.17) is 5.73 Å². The van der Waals surface area contributed by atoms with Gasteiger partial charge in [0.15, 0.2) is 0 Å². The largest absolute Gasteiger partial charge is 0.368 e. The van der Waals surface area contributed by atoms with Crippen LogP contribution in [-0.2, 0) is 0 Å². The van der Waals surface area contributed by atoms with Gasteiger partial charge in [0.25, 0.3) is 0 Å². The zero-order valence-corrected chi connectivity index (χ0v) is 11.8. The fourth-order valence-corrected chi connectivity index (χ4v) is 3.97. The molecule has 2 atom stereocenters. The molecule has 1 aromatic rings. The fraction of sp³-hybridized carbons (Fsp3) is 0.786. The third kappa shape index (κ3) is 2.07. The zero-order valence-electron chi connectivity index (χ0n) is 11.8. The fourth-order valence-electron chi connectivity index (χ4n) is 3.97. The van der Waals surface area contributed by atoms with Gasteiger partial charge in [0.1, 0.15) is 0 Å². The van der Waals surface area contributed by atoms with Crippen molar-refractivity contribution in [1.82, 2.24) is 15.0 Å². The van der Waals surface area contributed by atoms with Crippen molar-refractivity contribution >= 4 is 17.8 Å². The van der Waals surface area contributed by atoms with E-state index in [0.717, 1.165) is 49.9 Å². The first-order valence-corrected chi connectivity index (χ1v) is 7.81. The minimum absolute atomic E-state index is 0.356. The molecule has 2 saturated heterocycles. The molecule has 2 aliphatic heterocycles. The summed E-state index contributed by atoms with van der Waals surface area (Å²) in [6.45, 7) is 4.25. The molecule has 1 aliphatic carbocycles. The predicted octanol–water partition coefficient (Wildman–Crippen LogP) is 1.29. The molecular formula is C14H22N6.